The highest BCUT2D eigenvalue weighted by Crippen LogP contribution is 2.23. The molecule has 2 heterocycles. The number of aryl methyl sites for hydroxylation is 1. The molecule has 0 radical (unpaired) electrons. The summed E-state index contributed by atoms with van der Waals surface area (Å²) in [7, 11) is 2.16. The Morgan fingerprint density at radius 2 is 1.74 bits per heavy atom. The highest BCUT2D eigenvalue weighted by Gasteiger charge is 2.17. The van der Waals surface area contributed by atoms with Gasteiger partial charge in [0.2, 0.25) is 5.91 Å². The monoisotopic (exact) mass is 435 g/mol. The summed E-state index contributed by atoms with van der Waals surface area (Å²) < 4.78 is 2.04. The lowest BCUT2D eigenvalue weighted by molar-refractivity contribution is -0.118. The summed E-state index contributed by atoms with van der Waals surface area (Å²) in [6, 6.07) is 16.5. The van der Waals surface area contributed by atoms with E-state index in [1.165, 1.54) is 23.0 Å². The van der Waals surface area contributed by atoms with Gasteiger partial charge in [-0.25, -0.2) is 4.98 Å². The Balaban J connectivity index is 1.34. The summed E-state index contributed by atoms with van der Waals surface area (Å²) in [6.45, 7) is 6.76. The molecule has 0 unspecified atom stereocenters. The first-order valence-electron chi connectivity index (χ1n) is 10.6. The van der Waals surface area contributed by atoms with Gasteiger partial charge in [-0.3, -0.25) is 9.36 Å². The molecule has 4 rings (SSSR count). The predicted octanol–water partition coefficient (Wildman–Crippen LogP) is 3.34. The van der Waals surface area contributed by atoms with E-state index in [0.717, 1.165) is 42.6 Å². The molecule has 6 nitrogen and oxygen atoms in total. The second-order valence-corrected chi connectivity index (χ2v) is 8.79. The van der Waals surface area contributed by atoms with Crippen molar-refractivity contribution in [2.75, 3.05) is 43.9 Å². The maximum Gasteiger partial charge on any atom is 0.230 e. The van der Waals surface area contributed by atoms with Gasteiger partial charge in [-0.2, -0.15) is 0 Å². The van der Waals surface area contributed by atoms with Crippen LogP contribution in [0.3, 0.4) is 0 Å². The quantitative estimate of drug-likeness (QED) is 0.577. The van der Waals surface area contributed by atoms with Gasteiger partial charge in [-0.15, -0.1) is 0 Å². The Hall–Kier alpha value is -2.77. The van der Waals surface area contributed by atoms with Gasteiger partial charge >= 0.3 is 0 Å². The number of anilines is 1. The molecule has 3 aromatic rings. The van der Waals surface area contributed by atoms with Gasteiger partial charge in [-0.05, 0) is 37.2 Å². The zero-order chi connectivity index (χ0) is 21.6. The summed E-state index contributed by atoms with van der Waals surface area (Å²) >= 11 is 1.46. The Morgan fingerprint density at radius 3 is 2.52 bits per heavy atom. The maximum atomic E-state index is 12.6. The summed E-state index contributed by atoms with van der Waals surface area (Å²) in [5.41, 5.74) is 4.64. The number of piperazine rings is 1. The first kappa shape index (κ1) is 21.5. The van der Waals surface area contributed by atoms with Gasteiger partial charge in [0.05, 0.1) is 11.4 Å². The molecular formula is C24H29N5OS. The molecule has 1 saturated heterocycles. The number of nitrogens with zero attached hydrogens (tertiary/aromatic N) is 4. The number of rotatable bonds is 7. The average molecular weight is 436 g/mol. The van der Waals surface area contributed by atoms with Crippen LogP contribution in [0.1, 0.15) is 11.1 Å². The molecule has 7 heteroatoms. The summed E-state index contributed by atoms with van der Waals surface area (Å²) in [5.74, 6) is 0.344. The van der Waals surface area contributed by atoms with E-state index in [-0.39, 0.29) is 5.91 Å². The van der Waals surface area contributed by atoms with E-state index < -0.39 is 0 Å². The molecule has 1 aromatic heterocycles. The first-order valence-corrected chi connectivity index (χ1v) is 11.6. The number of imidazole rings is 1. The van der Waals surface area contributed by atoms with Crippen LogP contribution in [0.25, 0.3) is 5.69 Å². The number of hydrogen-bond acceptors (Lipinski definition) is 5. The van der Waals surface area contributed by atoms with Crippen LogP contribution in [-0.2, 0) is 11.3 Å². The van der Waals surface area contributed by atoms with Gasteiger partial charge in [0.15, 0.2) is 5.16 Å². The van der Waals surface area contributed by atoms with Crippen molar-refractivity contribution in [3.8, 4) is 5.69 Å². The van der Waals surface area contributed by atoms with E-state index >= 15 is 0 Å². The van der Waals surface area contributed by atoms with E-state index in [0.29, 0.717) is 12.3 Å². The molecule has 1 aliphatic heterocycles. The summed E-state index contributed by atoms with van der Waals surface area (Å²) in [4.78, 5) is 21.8. The number of amides is 1. The predicted molar refractivity (Wildman–Crippen MR) is 127 cm³/mol. The second kappa shape index (κ2) is 10.0. The lowest BCUT2D eigenvalue weighted by Crippen LogP contribution is -2.45. The Bertz CT molecular complexity index is 1030. The van der Waals surface area contributed by atoms with Crippen LogP contribution in [0.15, 0.2) is 66.1 Å². The van der Waals surface area contributed by atoms with Crippen LogP contribution in [0, 0.1) is 6.92 Å². The van der Waals surface area contributed by atoms with Crippen LogP contribution in [0.5, 0.6) is 0 Å². The van der Waals surface area contributed by atoms with E-state index in [4.69, 9.17) is 0 Å². The van der Waals surface area contributed by atoms with E-state index in [1.807, 2.05) is 29.0 Å². The number of benzene rings is 2. The second-order valence-electron chi connectivity index (χ2n) is 7.85. The van der Waals surface area contributed by atoms with Crippen molar-refractivity contribution < 1.29 is 4.79 Å². The maximum absolute atomic E-state index is 12.6. The highest BCUT2D eigenvalue weighted by molar-refractivity contribution is 7.99. The molecule has 0 bridgehead atoms. The fourth-order valence-corrected chi connectivity index (χ4v) is 4.60. The van der Waals surface area contributed by atoms with Crippen molar-refractivity contribution in [1.29, 1.82) is 0 Å². The Labute approximate surface area is 188 Å². The van der Waals surface area contributed by atoms with Crippen molar-refractivity contribution in [2.45, 2.75) is 18.6 Å². The molecule has 1 aliphatic rings. The molecule has 2 aromatic carbocycles. The number of nitrogens with one attached hydrogen (secondary N) is 1. The first-order chi connectivity index (χ1) is 15.1. The molecule has 0 spiro atoms. The summed E-state index contributed by atoms with van der Waals surface area (Å²) in [6.07, 6.45) is 3.72. The number of thioether (sulfide) groups is 1. The number of likely N-dealkylation sites (N-methyl/N-ethyl adjacent to an activating group) is 1. The van der Waals surface area contributed by atoms with Gasteiger partial charge in [0.1, 0.15) is 0 Å². The number of para-hydroxylation sites is 2. The summed E-state index contributed by atoms with van der Waals surface area (Å²) in [5, 5.41) is 3.91. The van der Waals surface area contributed by atoms with E-state index in [9.17, 15) is 4.79 Å². The lowest BCUT2D eigenvalue weighted by atomic mass is 10.1. The molecule has 162 valence electrons. The van der Waals surface area contributed by atoms with Crippen molar-refractivity contribution in [3.05, 3.63) is 72.1 Å². The number of carbonyl (C=O) groups is 1. The lowest BCUT2D eigenvalue weighted by Gasteiger charge is -2.35. The fourth-order valence-electron chi connectivity index (χ4n) is 3.80. The van der Waals surface area contributed by atoms with Crippen molar-refractivity contribution in [2.24, 2.45) is 0 Å². The van der Waals surface area contributed by atoms with E-state index in [2.05, 4.69) is 64.4 Å². The standard InChI is InChI=1S/C24H29N5OS/c1-19-7-3-5-9-21(19)29-12-11-25-24(29)31-18-23(30)26-17-20-8-4-6-10-22(20)28-15-13-27(2)14-16-28/h3-12H,13-18H2,1-2H3,(H,26,30). The zero-order valence-corrected chi connectivity index (χ0v) is 18.9. The SMILES string of the molecule is Cc1ccccc1-n1ccnc1SCC(=O)NCc1ccccc1N1CCN(C)CC1. The normalized spacial score (nSPS) is 14.6. The van der Waals surface area contributed by atoms with Crippen LogP contribution in [0.4, 0.5) is 5.69 Å². The Morgan fingerprint density at radius 1 is 1.03 bits per heavy atom. The fraction of sp³-hybridized carbons (Fsp3) is 0.333. The van der Waals surface area contributed by atoms with Crippen molar-refractivity contribution in [1.82, 2.24) is 19.8 Å². The molecule has 0 atom stereocenters. The highest BCUT2D eigenvalue weighted by atomic mass is 32.2. The van der Waals surface area contributed by atoms with Gasteiger partial charge in [0.25, 0.3) is 0 Å². The Kier molecular flexibility index (Phi) is 6.94. The van der Waals surface area contributed by atoms with Crippen LogP contribution in [0.2, 0.25) is 0 Å². The molecule has 1 fully saturated rings. The topological polar surface area (TPSA) is 53.4 Å². The molecule has 0 aliphatic carbocycles. The largest absolute Gasteiger partial charge is 0.369 e. The average Bonchev–Trinajstić information content (AvgIpc) is 3.26. The van der Waals surface area contributed by atoms with Crippen molar-refractivity contribution >= 4 is 23.4 Å². The molecule has 1 amide bonds. The number of hydrogen-bond donors (Lipinski definition) is 1. The van der Waals surface area contributed by atoms with Gasteiger partial charge in [0, 0.05) is 50.8 Å². The minimum atomic E-state index is 0.0116. The third kappa shape index (κ3) is 5.29. The van der Waals surface area contributed by atoms with Crippen LogP contribution < -0.4 is 10.2 Å². The minimum Gasteiger partial charge on any atom is -0.369 e. The van der Waals surface area contributed by atoms with Crippen LogP contribution in [-0.4, -0.2) is 59.3 Å². The van der Waals surface area contributed by atoms with Crippen LogP contribution >= 0.6 is 11.8 Å². The third-order valence-corrected chi connectivity index (χ3v) is 6.59. The zero-order valence-electron chi connectivity index (χ0n) is 18.1. The molecular weight excluding hydrogens is 406 g/mol. The molecule has 1 N–H and O–H groups in total. The third-order valence-electron chi connectivity index (χ3n) is 5.63. The minimum absolute atomic E-state index is 0.0116. The molecule has 31 heavy (non-hydrogen) atoms. The van der Waals surface area contributed by atoms with Crippen molar-refractivity contribution in [3.63, 3.8) is 0 Å². The van der Waals surface area contributed by atoms with Gasteiger partial charge in [-0.1, -0.05) is 48.2 Å². The van der Waals surface area contributed by atoms with Gasteiger partial charge < -0.3 is 15.1 Å². The smallest absolute Gasteiger partial charge is 0.230 e. The van der Waals surface area contributed by atoms with E-state index in [1.54, 1.807) is 6.20 Å². The molecule has 0 saturated carbocycles. The number of aromatic nitrogens is 2. The number of carbonyl (C=O) groups excluding carboxylic acids is 1.